The van der Waals surface area contributed by atoms with Gasteiger partial charge in [-0.25, -0.2) is 4.57 Å². The highest BCUT2D eigenvalue weighted by Gasteiger charge is 2.51. The maximum absolute atomic E-state index is 12.8. The third-order valence-electron chi connectivity index (χ3n) is 11.5. The normalized spacial score (nSPS) is 22.0. The Labute approximate surface area is 375 Å². The fraction of sp³-hybridized carbons (Fsp3) is 0.875. The molecule has 0 aliphatic heterocycles. The van der Waals surface area contributed by atoms with E-state index in [0.717, 1.165) is 64.2 Å². The van der Waals surface area contributed by atoms with Gasteiger partial charge in [0.15, 0.2) is 6.10 Å². The van der Waals surface area contributed by atoms with Crippen molar-refractivity contribution in [3.8, 4) is 0 Å². The maximum Gasteiger partial charge on any atom is 0.472 e. The smallest absolute Gasteiger partial charge is 0.462 e. The topological polar surface area (TPSA) is 210 Å². The summed E-state index contributed by atoms with van der Waals surface area (Å²) in [7, 11) is -5.12. The van der Waals surface area contributed by atoms with E-state index in [2.05, 4.69) is 38.2 Å². The number of esters is 2. The number of aliphatic hydroxyl groups is 5. The molecule has 0 radical (unpaired) electrons. The highest BCUT2D eigenvalue weighted by atomic mass is 31.2. The zero-order valence-electron chi connectivity index (χ0n) is 38.7. The monoisotopic (exact) mass is 905 g/mol. The second kappa shape index (κ2) is 38.6. The lowest BCUT2D eigenvalue weighted by molar-refractivity contribution is -0.220. The van der Waals surface area contributed by atoms with Gasteiger partial charge >= 0.3 is 19.8 Å². The number of rotatable bonds is 41. The molecule has 0 aromatic heterocycles. The van der Waals surface area contributed by atoms with Crippen LogP contribution in [0, 0.1) is 0 Å². The molecule has 62 heavy (non-hydrogen) atoms. The predicted octanol–water partition coefficient (Wildman–Crippen LogP) is 10.0. The van der Waals surface area contributed by atoms with E-state index in [1.54, 1.807) is 0 Å². The summed E-state index contributed by atoms with van der Waals surface area (Å²) in [4.78, 5) is 35.7. The second-order valence-electron chi connectivity index (χ2n) is 17.3. The number of phosphoric acid groups is 1. The molecule has 0 saturated heterocycles. The summed E-state index contributed by atoms with van der Waals surface area (Å²) < 4.78 is 33.6. The van der Waals surface area contributed by atoms with E-state index < -0.39 is 75.7 Å². The van der Waals surface area contributed by atoms with Gasteiger partial charge in [-0.3, -0.25) is 18.6 Å². The van der Waals surface area contributed by atoms with Gasteiger partial charge in [0.2, 0.25) is 0 Å². The van der Waals surface area contributed by atoms with Crippen molar-refractivity contribution >= 4 is 19.8 Å². The Morgan fingerprint density at radius 3 is 1.23 bits per heavy atom. The van der Waals surface area contributed by atoms with Crippen LogP contribution < -0.4 is 0 Å². The van der Waals surface area contributed by atoms with Gasteiger partial charge in [-0.15, -0.1) is 0 Å². The van der Waals surface area contributed by atoms with Gasteiger partial charge in [0.05, 0.1) is 6.61 Å². The molecule has 1 aliphatic carbocycles. The molecule has 0 bridgehead atoms. The molecule has 14 heteroatoms. The van der Waals surface area contributed by atoms with E-state index in [0.29, 0.717) is 12.8 Å². The molecule has 1 saturated carbocycles. The molecule has 1 fully saturated rings. The number of carbonyl (C=O) groups is 2. The SMILES string of the molecule is CCCCCCC/C=C/CCCCCCCC(=O)O[C@@H](COC(=O)CCCCCCCCCCC/C=C/CCCCCCCC)COP(=O)(O)OC1C(O)C(O)C(O)[C@H](O)C1O. The van der Waals surface area contributed by atoms with E-state index in [4.69, 9.17) is 18.5 Å². The van der Waals surface area contributed by atoms with Crippen LogP contribution in [0.5, 0.6) is 0 Å². The minimum Gasteiger partial charge on any atom is -0.462 e. The van der Waals surface area contributed by atoms with Gasteiger partial charge in [-0.05, 0) is 64.2 Å². The molecule has 8 atom stereocenters. The Hall–Kier alpha value is -1.67. The molecule has 6 unspecified atom stereocenters. The number of hydrogen-bond donors (Lipinski definition) is 6. The summed E-state index contributed by atoms with van der Waals surface area (Å²) in [6.07, 6.45) is 29.4. The van der Waals surface area contributed by atoms with Crippen molar-refractivity contribution in [2.24, 2.45) is 0 Å². The maximum atomic E-state index is 12.8. The van der Waals surface area contributed by atoms with Crippen molar-refractivity contribution in [3.05, 3.63) is 24.3 Å². The molecule has 0 amide bonds. The number of ether oxygens (including phenoxy) is 2. The third-order valence-corrected chi connectivity index (χ3v) is 12.5. The van der Waals surface area contributed by atoms with Gasteiger partial charge in [-0.1, -0.05) is 160 Å². The minimum absolute atomic E-state index is 0.0882. The Morgan fingerprint density at radius 2 is 0.823 bits per heavy atom. The highest BCUT2D eigenvalue weighted by Crippen LogP contribution is 2.47. The first-order valence-corrected chi connectivity index (χ1v) is 26.1. The zero-order chi connectivity index (χ0) is 45.7. The van der Waals surface area contributed by atoms with Crippen molar-refractivity contribution in [1.29, 1.82) is 0 Å². The Balaban J connectivity index is 2.41. The number of carbonyl (C=O) groups excluding carboxylic acids is 2. The van der Waals surface area contributed by atoms with Gasteiger partial charge in [-0.2, -0.15) is 0 Å². The standard InChI is InChI=1S/C48H89O13P/c1-3-5-7-9-11-13-15-17-19-20-21-22-23-25-26-28-30-32-34-36-41(49)58-38-40(39-59-62(56,57)61-48-46(54)44(52)43(51)45(53)47(48)55)60-42(50)37-35-33-31-29-27-24-18-16-14-12-10-8-6-4-2/h16-19,40,43-48,51-55H,3-15,20-39H2,1-2H3,(H,56,57)/b18-16+,19-17+/t40-,43?,44-,45?,46?,47?,48?/m0/s1. The van der Waals surface area contributed by atoms with E-state index in [1.165, 1.54) is 109 Å². The van der Waals surface area contributed by atoms with Crippen molar-refractivity contribution in [2.45, 2.75) is 256 Å². The van der Waals surface area contributed by atoms with Gasteiger partial charge in [0, 0.05) is 12.8 Å². The molecule has 0 aromatic rings. The number of aliphatic hydroxyl groups excluding tert-OH is 5. The number of allylic oxidation sites excluding steroid dienone is 4. The lowest BCUT2D eigenvalue weighted by atomic mass is 9.85. The van der Waals surface area contributed by atoms with Crippen LogP contribution in [0.25, 0.3) is 0 Å². The van der Waals surface area contributed by atoms with E-state index in [-0.39, 0.29) is 12.8 Å². The Kier molecular flexibility index (Phi) is 36.3. The lowest BCUT2D eigenvalue weighted by Gasteiger charge is -2.41. The first-order chi connectivity index (χ1) is 29.9. The van der Waals surface area contributed by atoms with Crippen LogP contribution in [0.3, 0.4) is 0 Å². The van der Waals surface area contributed by atoms with Crippen LogP contribution in [0.15, 0.2) is 24.3 Å². The van der Waals surface area contributed by atoms with Gasteiger partial charge < -0.3 is 39.9 Å². The number of unbranched alkanes of at least 4 members (excludes halogenated alkanes) is 25. The summed E-state index contributed by atoms with van der Waals surface area (Å²) >= 11 is 0. The average molecular weight is 905 g/mol. The largest absolute Gasteiger partial charge is 0.472 e. The van der Waals surface area contributed by atoms with Crippen molar-refractivity contribution in [2.75, 3.05) is 13.2 Å². The summed E-state index contributed by atoms with van der Waals surface area (Å²) in [5.74, 6) is -1.11. The van der Waals surface area contributed by atoms with Crippen molar-refractivity contribution in [1.82, 2.24) is 0 Å². The van der Waals surface area contributed by atoms with Crippen LogP contribution >= 0.6 is 7.82 Å². The van der Waals surface area contributed by atoms with E-state index in [9.17, 15) is 44.6 Å². The quantitative estimate of drug-likeness (QED) is 0.0146. The van der Waals surface area contributed by atoms with Crippen LogP contribution in [0.1, 0.15) is 213 Å². The molecule has 1 rings (SSSR count). The first kappa shape index (κ1) is 58.3. The molecular weight excluding hydrogens is 815 g/mol. The molecule has 0 heterocycles. The first-order valence-electron chi connectivity index (χ1n) is 24.6. The summed E-state index contributed by atoms with van der Waals surface area (Å²) in [5, 5.41) is 50.2. The number of phosphoric ester groups is 1. The summed E-state index contributed by atoms with van der Waals surface area (Å²) in [6.45, 7) is 3.29. The molecular formula is C48H89O13P. The minimum atomic E-state index is -5.12. The second-order valence-corrected chi connectivity index (χ2v) is 18.7. The Bertz CT molecular complexity index is 1180. The highest BCUT2D eigenvalue weighted by molar-refractivity contribution is 7.47. The molecule has 13 nitrogen and oxygen atoms in total. The van der Waals surface area contributed by atoms with Crippen LogP contribution in [-0.4, -0.2) is 98.3 Å². The van der Waals surface area contributed by atoms with Crippen LogP contribution in [0.4, 0.5) is 0 Å². The predicted molar refractivity (Wildman–Crippen MR) is 244 cm³/mol. The zero-order valence-corrected chi connectivity index (χ0v) is 39.6. The Morgan fingerprint density at radius 1 is 0.484 bits per heavy atom. The third kappa shape index (κ3) is 30.5. The van der Waals surface area contributed by atoms with E-state index in [1.807, 2.05) is 0 Å². The van der Waals surface area contributed by atoms with E-state index >= 15 is 0 Å². The molecule has 0 spiro atoms. The summed E-state index contributed by atoms with van der Waals surface area (Å²) in [5.41, 5.74) is 0. The fourth-order valence-corrected chi connectivity index (χ4v) is 8.49. The van der Waals surface area contributed by atoms with Gasteiger partial charge in [0.25, 0.3) is 0 Å². The van der Waals surface area contributed by atoms with Crippen molar-refractivity contribution < 1.29 is 63.1 Å². The summed E-state index contributed by atoms with van der Waals surface area (Å²) in [6, 6.07) is 0. The number of hydrogen-bond acceptors (Lipinski definition) is 12. The van der Waals surface area contributed by atoms with Crippen molar-refractivity contribution in [3.63, 3.8) is 0 Å². The molecule has 6 N–H and O–H groups in total. The van der Waals surface area contributed by atoms with Gasteiger partial charge in [0.1, 0.15) is 43.2 Å². The molecule has 364 valence electrons. The lowest BCUT2D eigenvalue weighted by Crippen LogP contribution is -2.64. The van der Waals surface area contributed by atoms with Crippen LogP contribution in [-0.2, 0) is 32.7 Å². The average Bonchev–Trinajstić information content (AvgIpc) is 3.25. The molecule has 0 aromatic carbocycles. The molecule has 1 aliphatic rings. The fourth-order valence-electron chi connectivity index (χ4n) is 7.51. The van der Waals surface area contributed by atoms with Crippen LogP contribution in [0.2, 0.25) is 0 Å².